The number of rotatable bonds is 7. The molecule has 166 valence electrons. The monoisotopic (exact) mass is 426 g/mol. The Bertz CT molecular complexity index is 947. The summed E-state index contributed by atoms with van der Waals surface area (Å²) in [4.78, 5) is 27.3. The molecule has 7 heteroatoms. The van der Waals surface area contributed by atoms with Gasteiger partial charge in [-0.3, -0.25) is 10.1 Å². The molecule has 7 nitrogen and oxygen atoms in total. The molecule has 0 atom stereocenters. The van der Waals surface area contributed by atoms with Crippen LogP contribution in [0.2, 0.25) is 0 Å². The van der Waals surface area contributed by atoms with Crippen molar-refractivity contribution in [2.45, 2.75) is 51.8 Å². The molecular formula is C24H30N2O5. The van der Waals surface area contributed by atoms with Crippen molar-refractivity contribution in [1.82, 2.24) is 4.90 Å². The van der Waals surface area contributed by atoms with Crippen LogP contribution in [0.15, 0.2) is 42.5 Å². The molecule has 0 unspecified atom stereocenters. The highest BCUT2D eigenvalue weighted by atomic mass is 16.6. The molecule has 1 N–H and O–H groups in total. The highest BCUT2D eigenvalue weighted by Gasteiger charge is 2.34. The molecule has 0 bridgehead atoms. The number of methoxy groups -OCH3 is 2. The summed E-state index contributed by atoms with van der Waals surface area (Å²) < 4.78 is 16.1. The fourth-order valence-electron chi connectivity index (χ4n) is 3.26. The molecule has 1 saturated carbocycles. The number of nitrogens with zero attached hydrogens (tertiary/aromatic N) is 1. The van der Waals surface area contributed by atoms with Crippen LogP contribution in [0.25, 0.3) is 0 Å². The van der Waals surface area contributed by atoms with E-state index in [-0.39, 0.29) is 11.9 Å². The van der Waals surface area contributed by atoms with E-state index in [4.69, 9.17) is 14.2 Å². The lowest BCUT2D eigenvalue weighted by atomic mass is 10.1. The average Bonchev–Trinajstić information content (AvgIpc) is 3.55. The zero-order valence-corrected chi connectivity index (χ0v) is 18.7. The van der Waals surface area contributed by atoms with Gasteiger partial charge < -0.3 is 19.1 Å². The number of hydrogen-bond donors (Lipinski definition) is 1. The molecule has 3 rings (SSSR count). The highest BCUT2D eigenvalue weighted by Crippen LogP contribution is 2.33. The van der Waals surface area contributed by atoms with Crippen LogP contribution in [-0.2, 0) is 11.3 Å². The summed E-state index contributed by atoms with van der Waals surface area (Å²) in [5, 5.41) is 2.69. The molecule has 0 radical (unpaired) electrons. The van der Waals surface area contributed by atoms with Crippen LogP contribution in [0.4, 0.5) is 10.5 Å². The normalized spacial score (nSPS) is 13.3. The van der Waals surface area contributed by atoms with E-state index in [0.29, 0.717) is 29.3 Å². The minimum Gasteiger partial charge on any atom is -0.497 e. The van der Waals surface area contributed by atoms with Crippen molar-refractivity contribution in [3.8, 4) is 11.5 Å². The Hall–Kier alpha value is -3.22. The van der Waals surface area contributed by atoms with Gasteiger partial charge in [-0.1, -0.05) is 6.07 Å². The Labute approximate surface area is 183 Å². The molecule has 0 spiro atoms. The first-order valence-electron chi connectivity index (χ1n) is 10.3. The summed E-state index contributed by atoms with van der Waals surface area (Å²) in [5.74, 6) is 1.32. The minimum atomic E-state index is -0.601. The van der Waals surface area contributed by atoms with E-state index in [9.17, 15) is 9.59 Å². The summed E-state index contributed by atoms with van der Waals surface area (Å²) in [7, 11) is 3.22. The van der Waals surface area contributed by atoms with Gasteiger partial charge in [0.15, 0.2) is 0 Å². The molecule has 1 aliphatic carbocycles. The fraction of sp³-hybridized carbons (Fsp3) is 0.417. The number of amides is 2. The van der Waals surface area contributed by atoms with Gasteiger partial charge in [-0.15, -0.1) is 0 Å². The van der Waals surface area contributed by atoms with Crippen LogP contribution >= 0.6 is 0 Å². The smallest absolute Gasteiger partial charge is 0.412 e. The average molecular weight is 427 g/mol. The number of benzene rings is 2. The third-order valence-corrected chi connectivity index (χ3v) is 4.83. The maximum Gasteiger partial charge on any atom is 0.412 e. The van der Waals surface area contributed by atoms with E-state index in [2.05, 4.69) is 5.32 Å². The second kappa shape index (κ2) is 9.29. The van der Waals surface area contributed by atoms with Gasteiger partial charge >= 0.3 is 6.09 Å². The van der Waals surface area contributed by atoms with E-state index < -0.39 is 11.7 Å². The largest absolute Gasteiger partial charge is 0.497 e. The Kier molecular flexibility index (Phi) is 6.73. The second-order valence-corrected chi connectivity index (χ2v) is 8.55. The number of ether oxygens (including phenoxy) is 3. The van der Waals surface area contributed by atoms with Crippen LogP contribution < -0.4 is 14.8 Å². The second-order valence-electron chi connectivity index (χ2n) is 8.55. The van der Waals surface area contributed by atoms with Crippen LogP contribution in [0, 0.1) is 0 Å². The first-order valence-corrected chi connectivity index (χ1v) is 10.3. The van der Waals surface area contributed by atoms with Gasteiger partial charge in [-0.25, -0.2) is 4.79 Å². The number of carbonyl (C=O) groups is 2. The zero-order chi connectivity index (χ0) is 22.6. The standard InChI is InChI=1S/C24H30N2O5/c1-24(2,3)31-23(28)25-18-8-6-7-16(13-18)22(27)26(19-9-10-19)15-17-14-20(29-4)11-12-21(17)30-5/h6-8,11-14,19H,9-10,15H2,1-5H3,(H,25,28). The Morgan fingerprint density at radius 3 is 2.42 bits per heavy atom. The lowest BCUT2D eigenvalue weighted by Crippen LogP contribution is -2.33. The predicted molar refractivity (Wildman–Crippen MR) is 119 cm³/mol. The van der Waals surface area contributed by atoms with Crippen molar-refractivity contribution >= 4 is 17.7 Å². The van der Waals surface area contributed by atoms with Crippen molar-refractivity contribution in [2.75, 3.05) is 19.5 Å². The predicted octanol–water partition coefficient (Wildman–Crippen LogP) is 4.86. The third kappa shape index (κ3) is 6.13. The zero-order valence-electron chi connectivity index (χ0n) is 18.7. The van der Waals surface area contributed by atoms with Gasteiger partial charge in [-0.2, -0.15) is 0 Å². The topological polar surface area (TPSA) is 77.1 Å². The van der Waals surface area contributed by atoms with Crippen LogP contribution in [0.3, 0.4) is 0 Å². The Balaban J connectivity index is 1.79. The molecule has 2 aromatic rings. The maximum absolute atomic E-state index is 13.4. The number of hydrogen-bond acceptors (Lipinski definition) is 5. The number of anilines is 1. The van der Waals surface area contributed by atoms with Gasteiger partial charge in [0.05, 0.1) is 20.8 Å². The van der Waals surface area contributed by atoms with Crippen LogP contribution in [0.5, 0.6) is 11.5 Å². The van der Waals surface area contributed by atoms with E-state index in [0.717, 1.165) is 18.4 Å². The summed E-state index contributed by atoms with van der Waals surface area (Å²) in [6.07, 6.45) is 1.37. The molecule has 1 aliphatic rings. The molecule has 0 aromatic heterocycles. The summed E-state index contributed by atoms with van der Waals surface area (Å²) >= 11 is 0. The Morgan fingerprint density at radius 2 is 1.81 bits per heavy atom. The van der Waals surface area contributed by atoms with E-state index in [1.54, 1.807) is 59.3 Å². The first-order chi connectivity index (χ1) is 14.7. The van der Waals surface area contributed by atoms with Gasteiger partial charge in [-0.05, 0) is 70.0 Å². The number of carbonyl (C=O) groups excluding carboxylic acids is 2. The van der Waals surface area contributed by atoms with Crippen molar-refractivity contribution < 1.29 is 23.8 Å². The quantitative estimate of drug-likeness (QED) is 0.684. The van der Waals surface area contributed by atoms with Crippen molar-refractivity contribution in [2.24, 2.45) is 0 Å². The molecule has 0 heterocycles. The van der Waals surface area contributed by atoms with Crippen molar-refractivity contribution in [1.29, 1.82) is 0 Å². The minimum absolute atomic E-state index is 0.0970. The molecule has 0 saturated heterocycles. The molecule has 31 heavy (non-hydrogen) atoms. The van der Waals surface area contributed by atoms with Crippen molar-refractivity contribution in [3.05, 3.63) is 53.6 Å². The molecule has 2 amide bonds. The summed E-state index contributed by atoms with van der Waals surface area (Å²) in [6, 6.07) is 12.6. The molecule has 2 aromatic carbocycles. The SMILES string of the molecule is COc1ccc(OC)c(CN(C(=O)c2cccc(NC(=O)OC(C)(C)C)c2)C2CC2)c1. The molecular weight excluding hydrogens is 396 g/mol. The van der Waals surface area contributed by atoms with E-state index in [1.807, 2.05) is 23.1 Å². The Morgan fingerprint density at radius 1 is 1.06 bits per heavy atom. The van der Waals surface area contributed by atoms with Gasteiger partial charge in [0.25, 0.3) is 5.91 Å². The highest BCUT2D eigenvalue weighted by molar-refractivity contribution is 5.96. The van der Waals surface area contributed by atoms with E-state index >= 15 is 0 Å². The van der Waals surface area contributed by atoms with Crippen LogP contribution in [-0.4, -0.2) is 42.8 Å². The lowest BCUT2D eigenvalue weighted by Gasteiger charge is -2.24. The summed E-state index contributed by atoms with van der Waals surface area (Å²) in [5.41, 5.74) is 1.29. The molecule has 1 fully saturated rings. The first kappa shape index (κ1) is 22.5. The van der Waals surface area contributed by atoms with Crippen LogP contribution in [0.1, 0.15) is 49.5 Å². The number of nitrogens with one attached hydrogen (secondary N) is 1. The third-order valence-electron chi connectivity index (χ3n) is 4.83. The molecule has 0 aliphatic heterocycles. The van der Waals surface area contributed by atoms with Gasteiger partial charge in [0.2, 0.25) is 0 Å². The lowest BCUT2D eigenvalue weighted by molar-refractivity contribution is 0.0634. The van der Waals surface area contributed by atoms with Gasteiger partial charge in [0, 0.05) is 22.9 Å². The maximum atomic E-state index is 13.4. The van der Waals surface area contributed by atoms with E-state index in [1.165, 1.54) is 0 Å². The van der Waals surface area contributed by atoms with Gasteiger partial charge in [0.1, 0.15) is 17.1 Å². The summed E-state index contributed by atoms with van der Waals surface area (Å²) in [6.45, 7) is 5.81. The fourth-order valence-corrected chi connectivity index (χ4v) is 3.26. The van der Waals surface area contributed by atoms with Crippen molar-refractivity contribution in [3.63, 3.8) is 0 Å².